The molecule has 0 saturated carbocycles. The maximum atomic E-state index is 10.8. The Bertz CT molecular complexity index is 104. The molecule has 0 fully saturated rings. The standard InChI is InChI=1S/C8H16O2S/c1-3-4-5-6-11-8(9)7-10-2/h3-7H2,1-2H3. The molecule has 0 heterocycles. The molecule has 0 aromatic rings. The van der Waals surface area contributed by atoms with E-state index < -0.39 is 0 Å². The summed E-state index contributed by atoms with van der Waals surface area (Å²) in [5.74, 6) is 0.941. The number of carbonyl (C=O) groups excluding carboxylic acids is 1. The summed E-state index contributed by atoms with van der Waals surface area (Å²) in [4.78, 5) is 10.8. The van der Waals surface area contributed by atoms with Crippen LogP contribution in [0.25, 0.3) is 0 Å². The van der Waals surface area contributed by atoms with Gasteiger partial charge >= 0.3 is 0 Å². The second-order valence-corrected chi connectivity index (χ2v) is 3.51. The highest BCUT2D eigenvalue weighted by atomic mass is 32.2. The average molecular weight is 176 g/mol. The molecule has 2 nitrogen and oxygen atoms in total. The zero-order valence-corrected chi connectivity index (χ0v) is 8.08. The molecule has 0 rings (SSSR count). The van der Waals surface area contributed by atoms with Crippen LogP contribution in [0.2, 0.25) is 0 Å². The Morgan fingerprint density at radius 1 is 1.45 bits per heavy atom. The maximum absolute atomic E-state index is 10.8. The first-order valence-electron chi connectivity index (χ1n) is 3.95. The first-order valence-corrected chi connectivity index (χ1v) is 4.94. The van der Waals surface area contributed by atoms with Crippen molar-refractivity contribution in [2.24, 2.45) is 0 Å². The van der Waals surface area contributed by atoms with E-state index in [0.29, 0.717) is 0 Å². The predicted octanol–water partition coefficient (Wildman–Crippen LogP) is 2.08. The minimum absolute atomic E-state index is 0.142. The van der Waals surface area contributed by atoms with Crippen LogP contribution in [0, 0.1) is 0 Å². The van der Waals surface area contributed by atoms with Gasteiger partial charge in [0.1, 0.15) is 6.61 Å². The van der Waals surface area contributed by atoms with E-state index in [4.69, 9.17) is 4.74 Å². The summed E-state index contributed by atoms with van der Waals surface area (Å²) < 4.78 is 4.69. The van der Waals surface area contributed by atoms with Gasteiger partial charge in [-0.3, -0.25) is 4.79 Å². The van der Waals surface area contributed by atoms with Crippen molar-refractivity contribution < 1.29 is 9.53 Å². The minimum Gasteiger partial charge on any atom is -0.376 e. The van der Waals surface area contributed by atoms with Gasteiger partial charge < -0.3 is 4.74 Å². The summed E-state index contributed by atoms with van der Waals surface area (Å²) in [6.07, 6.45) is 3.56. The molecule has 0 aromatic heterocycles. The van der Waals surface area contributed by atoms with Crippen LogP contribution in [0.15, 0.2) is 0 Å². The van der Waals surface area contributed by atoms with E-state index in [1.54, 1.807) is 7.11 Å². The number of hydrogen-bond acceptors (Lipinski definition) is 3. The van der Waals surface area contributed by atoms with Crippen LogP contribution in [0.5, 0.6) is 0 Å². The number of ether oxygens (including phenoxy) is 1. The van der Waals surface area contributed by atoms with Crippen LogP contribution in [-0.4, -0.2) is 24.6 Å². The quantitative estimate of drug-likeness (QED) is 0.580. The van der Waals surface area contributed by atoms with Crippen molar-refractivity contribution in [1.82, 2.24) is 0 Å². The lowest BCUT2D eigenvalue weighted by Crippen LogP contribution is -2.01. The van der Waals surface area contributed by atoms with Crippen molar-refractivity contribution in [3.8, 4) is 0 Å². The number of unbranched alkanes of at least 4 members (excludes halogenated alkanes) is 2. The topological polar surface area (TPSA) is 26.3 Å². The SMILES string of the molecule is CCCCCSC(=O)COC. The van der Waals surface area contributed by atoms with E-state index in [1.165, 1.54) is 24.6 Å². The molecule has 0 N–H and O–H groups in total. The molecule has 3 heteroatoms. The summed E-state index contributed by atoms with van der Waals surface area (Å²) in [5.41, 5.74) is 0. The molecule has 11 heavy (non-hydrogen) atoms. The summed E-state index contributed by atoms with van der Waals surface area (Å²) in [7, 11) is 1.55. The molecule has 0 aliphatic heterocycles. The number of hydrogen-bond donors (Lipinski definition) is 0. The third-order valence-corrected chi connectivity index (χ3v) is 2.21. The Labute approximate surface area is 72.7 Å². The van der Waals surface area contributed by atoms with Gasteiger partial charge in [-0.05, 0) is 6.42 Å². The highest BCUT2D eigenvalue weighted by molar-refractivity contribution is 8.13. The molecule has 0 saturated heterocycles. The maximum Gasteiger partial charge on any atom is 0.214 e. The van der Waals surface area contributed by atoms with Gasteiger partial charge in [-0.15, -0.1) is 0 Å². The molecule has 0 radical (unpaired) electrons. The smallest absolute Gasteiger partial charge is 0.214 e. The zero-order chi connectivity index (χ0) is 8.53. The third-order valence-electron chi connectivity index (χ3n) is 1.27. The molecule has 66 valence electrons. The van der Waals surface area contributed by atoms with Gasteiger partial charge in [0.2, 0.25) is 5.12 Å². The number of methoxy groups -OCH3 is 1. The van der Waals surface area contributed by atoms with E-state index in [2.05, 4.69) is 6.92 Å². The molecule has 0 bridgehead atoms. The summed E-state index contributed by atoms with van der Waals surface area (Å²) in [6.45, 7) is 2.40. The van der Waals surface area contributed by atoms with Crippen molar-refractivity contribution in [1.29, 1.82) is 0 Å². The van der Waals surface area contributed by atoms with Gasteiger partial charge in [-0.25, -0.2) is 0 Å². The fourth-order valence-electron chi connectivity index (χ4n) is 0.698. The summed E-state index contributed by atoms with van der Waals surface area (Å²) in [5, 5.41) is 0.142. The fourth-order valence-corrected chi connectivity index (χ4v) is 1.47. The number of thioether (sulfide) groups is 1. The highest BCUT2D eigenvalue weighted by Crippen LogP contribution is 2.06. The van der Waals surface area contributed by atoms with E-state index in [-0.39, 0.29) is 11.7 Å². The Hall–Kier alpha value is -0.0200. The fraction of sp³-hybridized carbons (Fsp3) is 0.875. The van der Waals surface area contributed by atoms with Crippen LogP contribution in [0.3, 0.4) is 0 Å². The molecule has 0 aliphatic carbocycles. The summed E-state index contributed by atoms with van der Waals surface area (Å²) in [6, 6.07) is 0. The molecule has 0 atom stereocenters. The van der Waals surface area contributed by atoms with Crippen LogP contribution >= 0.6 is 11.8 Å². The minimum atomic E-state index is 0.142. The van der Waals surface area contributed by atoms with Gasteiger partial charge in [-0.2, -0.15) is 0 Å². The van der Waals surface area contributed by atoms with Crippen molar-refractivity contribution in [2.75, 3.05) is 19.5 Å². The van der Waals surface area contributed by atoms with Crippen LogP contribution in [0.1, 0.15) is 26.2 Å². The first kappa shape index (κ1) is 11.0. The Morgan fingerprint density at radius 3 is 2.73 bits per heavy atom. The number of carbonyl (C=O) groups is 1. The summed E-state index contributed by atoms with van der Waals surface area (Å²) >= 11 is 1.38. The normalized spacial score (nSPS) is 10.0. The lowest BCUT2D eigenvalue weighted by atomic mass is 10.3. The van der Waals surface area contributed by atoms with Crippen molar-refractivity contribution in [3.05, 3.63) is 0 Å². The monoisotopic (exact) mass is 176 g/mol. The Kier molecular flexibility index (Phi) is 8.07. The van der Waals surface area contributed by atoms with Gasteiger partial charge in [-0.1, -0.05) is 31.5 Å². The second-order valence-electron chi connectivity index (χ2n) is 2.36. The zero-order valence-electron chi connectivity index (χ0n) is 7.26. The molecule has 0 spiro atoms. The Morgan fingerprint density at radius 2 is 2.18 bits per heavy atom. The second kappa shape index (κ2) is 8.08. The van der Waals surface area contributed by atoms with Crippen LogP contribution in [-0.2, 0) is 9.53 Å². The first-order chi connectivity index (χ1) is 5.31. The van der Waals surface area contributed by atoms with Gasteiger partial charge in [0.05, 0.1) is 0 Å². The molecule has 0 amide bonds. The molecular formula is C8H16O2S. The predicted molar refractivity (Wildman–Crippen MR) is 48.9 cm³/mol. The van der Waals surface area contributed by atoms with Crippen LogP contribution in [0.4, 0.5) is 0 Å². The van der Waals surface area contributed by atoms with Gasteiger partial charge in [0.15, 0.2) is 0 Å². The molecule has 0 aliphatic rings. The number of rotatable bonds is 6. The lowest BCUT2D eigenvalue weighted by molar-refractivity contribution is -0.114. The van der Waals surface area contributed by atoms with Crippen molar-refractivity contribution in [3.63, 3.8) is 0 Å². The van der Waals surface area contributed by atoms with Crippen LogP contribution < -0.4 is 0 Å². The highest BCUT2D eigenvalue weighted by Gasteiger charge is 1.99. The van der Waals surface area contributed by atoms with Gasteiger partial charge in [0.25, 0.3) is 0 Å². The van der Waals surface area contributed by atoms with Crippen molar-refractivity contribution in [2.45, 2.75) is 26.2 Å². The van der Waals surface area contributed by atoms with Crippen molar-refractivity contribution >= 4 is 16.9 Å². The molecular weight excluding hydrogens is 160 g/mol. The van der Waals surface area contributed by atoms with Gasteiger partial charge in [0, 0.05) is 12.9 Å². The lowest BCUT2D eigenvalue weighted by Gasteiger charge is -1.97. The Balaban J connectivity index is 3.04. The average Bonchev–Trinajstić information content (AvgIpc) is 1.99. The molecule has 0 aromatic carbocycles. The molecule has 0 unspecified atom stereocenters. The third kappa shape index (κ3) is 7.88. The van der Waals surface area contributed by atoms with E-state index in [1.807, 2.05) is 0 Å². The van der Waals surface area contributed by atoms with E-state index in [0.717, 1.165) is 12.2 Å². The van der Waals surface area contributed by atoms with E-state index in [9.17, 15) is 4.79 Å². The largest absolute Gasteiger partial charge is 0.376 e. The van der Waals surface area contributed by atoms with E-state index >= 15 is 0 Å².